The minimum atomic E-state index is 0.375. The largest absolute Gasteiger partial charge is 0.382 e. The highest BCUT2D eigenvalue weighted by molar-refractivity contribution is 5.69. The van der Waals surface area contributed by atoms with Gasteiger partial charge < -0.3 is 5.73 Å². The van der Waals surface area contributed by atoms with Gasteiger partial charge >= 0.3 is 0 Å². The summed E-state index contributed by atoms with van der Waals surface area (Å²) in [5.74, 6) is 1.01. The Morgan fingerprint density at radius 2 is 1.76 bits per heavy atom. The molecule has 2 rings (SSSR count). The number of nitrogens with zero attached hydrogens (tertiary/aromatic N) is 2. The molecule has 90 valence electrons. The molecule has 0 amide bonds. The molecule has 1 aromatic carbocycles. The van der Waals surface area contributed by atoms with Gasteiger partial charge in [-0.3, -0.25) is 4.68 Å². The highest BCUT2D eigenvalue weighted by atomic mass is 15.3. The summed E-state index contributed by atoms with van der Waals surface area (Å²) in [5, 5.41) is 4.33. The van der Waals surface area contributed by atoms with E-state index in [0.717, 1.165) is 11.3 Å². The molecule has 0 bridgehead atoms. The third-order valence-electron chi connectivity index (χ3n) is 3.01. The first-order valence-electron chi connectivity index (χ1n) is 5.90. The molecule has 0 unspecified atom stereocenters. The van der Waals surface area contributed by atoms with Crippen molar-refractivity contribution in [2.24, 2.45) is 7.05 Å². The van der Waals surface area contributed by atoms with Crippen molar-refractivity contribution in [3.63, 3.8) is 0 Å². The number of nitrogens with two attached hydrogens (primary N) is 1. The van der Waals surface area contributed by atoms with Crippen molar-refractivity contribution in [2.75, 3.05) is 5.73 Å². The molecule has 0 fully saturated rings. The summed E-state index contributed by atoms with van der Waals surface area (Å²) < 4.78 is 1.87. The van der Waals surface area contributed by atoms with Crippen LogP contribution in [0.5, 0.6) is 0 Å². The van der Waals surface area contributed by atoms with Crippen LogP contribution in [0, 0.1) is 6.92 Å². The number of aryl methyl sites for hydroxylation is 2. The Kier molecular flexibility index (Phi) is 2.92. The Morgan fingerprint density at radius 1 is 1.18 bits per heavy atom. The van der Waals surface area contributed by atoms with Gasteiger partial charge in [-0.2, -0.15) is 5.10 Å². The molecule has 2 N–H and O–H groups in total. The van der Waals surface area contributed by atoms with Gasteiger partial charge in [-0.1, -0.05) is 43.7 Å². The normalized spacial score (nSPS) is 11.1. The molecule has 0 radical (unpaired) electrons. The maximum absolute atomic E-state index is 5.98. The van der Waals surface area contributed by atoms with E-state index in [1.165, 1.54) is 11.1 Å². The fourth-order valence-corrected chi connectivity index (χ4v) is 2.18. The van der Waals surface area contributed by atoms with Gasteiger partial charge in [-0.25, -0.2) is 0 Å². The van der Waals surface area contributed by atoms with E-state index in [1.807, 2.05) is 11.7 Å². The summed E-state index contributed by atoms with van der Waals surface area (Å²) in [7, 11) is 1.94. The maximum atomic E-state index is 5.98. The molecule has 0 atom stereocenters. The second-order valence-corrected chi connectivity index (χ2v) is 4.79. The van der Waals surface area contributed by atoms with E-state index in [9.17, 15) is 0 Å². The van der Waals surface area contributed by atoms with Crippen LogP contribution in [0.1, 0.15) is 30.9 Å². The molecule has 0 saturated heterocycles. The number of hydrogen-bond donors (Lipinski definition) is 1. The Morgan fingerprint density at radius 3 is 2.29 bits per heavy atom. The number of benzene rings is 1. The minimum absolute atomic E-state index is 0.375. The summed E-state index contributed by atoms with van der Waals surface area (Å²) in [6.45, 7) is 6.38. The van der Waals surface area contributed by atoms with Crippen LogP contribution in [-0.2, 0) is 7.05 Å². The Hall–Kier alpha value is -1.77. The lowest BCUT2D eigenvalue weighted by atomic mass is 9.98. The lowest BCUT2D eigenvalue weighted by Crippen LogP contribution is -1.97. The summed E-state index contributed by atoms with van der Waals surface area (Å²) in [4.78, 5) is 0. The number of anilines is 1. The molecule has 3 nitrogen and oxygen atoms in total. The molecule has 1 aromatic heterocycles. The predicted octanol–water partition coefficient (Wildman–Crippen LogP) is 3.10. The average molecular weight is 229 g/mol. The molecular weight excluding hydrogens is 210 g/mol. The highest BCUT2D eigenvalue weighted by Crippen LogP contribution is 2.32. The minimum Gasteiger partial charge on any atom is -0.382 e. The van der Waals surface area contributed by atoms with E-state index in [2.05, 4.69) is 50.1 Å². The Bertz CT molecular complexity index is 521. The molecule has 17 heavy (non-hydrogen) atoms. The van der Waals surface area contributed by atoms with E-state index in [0.29, 0.717) is 11.7 Å². The summed E-state index contributed by atoms with van der Waals surface area (Å²) in [6, 6.07) is 8.47. The zero-order valence-corrected chi connectivity index (χ0v) is 10.9. The fourth-order valence-electron chi connectivity index (χ4n) is 2.18. The summed E-state index contributed by atoms with van der Waals surface area (Å²) >= 11 is 0. The fraction of sp³-hybridized carbons (Fsp3) is 0.357. The zero-order chi connectivity index (χ0) is 12.6. The molecule has 3 heteroatoms. The highest BCUT2D eigenvalue weighted by Gasteiger charge is 2.17. The molecule has 0 spiro atoms. The van der Waals surface area contributed by atoms with Gasteiger partial charge in [-0.05, 0) is 12.8 Å². The van der Waals surface area contributed by atoms with Crippen LogP contribution in [0.3, 0.4) is 0 Å². The Balaban J connectivity index is 2.62. The zero-order valence-electron chi connectivity index (χ0n) is 10.9. The molecular formula is C14H19N3. The first kappa shape index (κ1) is 11.7. The monoisotopic (exact) mass is 229 g/mol. The number of nitrogen functional groups attached to an aromatic ring is 1. The lowest BCUT2D eigenvalue weighted by Gasteiger charge is -2.09. The second kappa shape index (κ2) is 4.24. The van der Waals surface area contributed by atoms with Crippen molar-refractivity contribution in [3.8, 4) is 11.3 Å². The van der Waals surface area contributed by atoms with E-state index in [4.69, 9.17) is 5.73 Å². The van der Waals surface area contributed by atoms with Crippen LogP contribution in [0.25, 0.3) is 11.3 Å². The predicted molar refractivity (Wildman–Crippen MR) is 71.9 cm³/mol. The molecule has 0 aliphatic carbocycles. The van der Waals surface area contributed by atoms with Crippen LogP contribution in [0.2, 0.25) is 0 Å². The smallest absolute Gasteiger partial charge is 0.149 e. The van der Waals surface area contributed by atoms with Crippen molar-refractivity contribution in [2.45, 2.75) is 26.7 Å². The first-order chi connectivity index (χ1) is 8.00. The topological polar surface area (TPSA) is 43.8 Å². The standard InChI is InChI=1S/C14H19N3/c1-9(2)12-13(17(4)16-14(12)15)11-7-5-10(3)6-8-11/h5-9H,1-4H3,(H2,15,16). The summed E-state index contributed by atoms with van der Waals surface area (Å²) in [5.41, 5.74) is 10.7. The molecule has 0 aliphatic rings. The van der Waals surface area contributed by atoms with Crippen molar-refractivity contribution in [3.05, 3.63) is 35.4 Å². The van der Waals surface area contributed by atoms with Gasteiger partial charge in [0.1, 0.15) is 5.82 Å². The third-order valence-corrected chi connectivity index (χ3v) is 3.01. The molecule has 2 aromatic rings. The van der Waals surface area contributed by atoms with Crippen LogP contribution >= 0.6 is 0 Å². The van der Waals surface area contributed by atoms with Gasteiger partial charge in [-0.15, -0.1) is 0 Å². The SMILES string of the molecule is Cc1ccc(-c2c(C(C)C)c(N)nn2C)cc1. The maximum Gasteiger partial charge on any atom is 0.149 e. The van der Waals surface area contributed by atoms with Crippen molar-refractivity contribution < 1.29 is 0 Å². The second-order valence-electron chi connectivity index (χ2n) is 4.79. The number of rotatable bonds is 2. The van der Waals surface area contributed by atoms with Gasteiger partial charge in [0.15, 0.2) is 0 Å². The van der Waals surface area contributed by atoms with E-state index >= 15 is 0 Å². The Labute approximate surface area is 102 Å². The average Bonchev–Trinajstić information content (AvgIpc) is 2.55. The third kappa shape index (κ3) is 2.05. The molecule has 1 heterocycles. The number of hydrogen-bond acceptors (Lipinski definition) is 2. The van der Waals surface area contributed by atoms with Crippen LogP contribution in [0.4, 0.5) is 5.82 Å². The van der Waals surface area contributed by atoms with Gasteiger partial charge in [0.25, 0.3) is 0 Å². The van der Waals surface area contributed by atoms with Gasteiger partial charge in [0.2, 0.25) is 0 Å². The van der Waals surface area contributed by atoms with E-state index < -0.39 is 0 Å². The molecule has 0 aliphatic heterocycles. The van der Waals surface area contributed by atoms with Gasteiger partial charge in [0.05, 0.1) is 5.69 Å². The van der Waals surface area contributed by atoms with Crippen molar-refractivity contribution in [1.82, 2.24) is 9.78 Å². The van der Waals surface area contributed by atoms with E-state index in [-0.39, 0.29) is 0 Å². The van der Waals surface area contributed by atoms with Crippen LogP contribution < -0.4 is 5.73 Å². The van der Waals surface area contributed by atoms with Crippen molar-refractivity contribution >= 4 is 5.82 Å². The van der Waals surface area contributed by atoms with Crippen LogP contribution in [0.15, 0.2) is 24.3 Å². The quantitative estimate of drug-likeness (QED) is 0.860. The number of aromatic nitrogens is 2. The van der Waals surface area contributed by atoms with E-state index in [1.54, 1.807) is 0 Å². The lowest BCUT2D eigenvalue weighted by molar-refractivity contribution is 0.777. The summed E-state index contributed by atoms with van der Waals surface area (Å²) in [6.07, 6.45) is 0. The first-order valence-corrected chi connectivity index (χ1v) is 5.90. The van der Waals surface area contributed by atoms with Crippen molar-refractivity contribution in [1.29, 1.82) is 0 Å². The van der Waals surface area contributed by atoms with Crippen LogP contribution in [-0.4, -0.2) is 9.78 Å². The van der Waals surface area contributed by atoms with Gasteiger partial charge in [0, 0.05) is 18.2 Å². The molecule has 0 saturated carbocycles.